The highest BCUT2D eigenvalue weighted by Crippen LogP contribution is 2.11. The lowest BCUT2D eigenvalue weighted by Gasteiger charge is -2.18. The van der Waals surface area contributed by atoms with Crippen LogP contribution in [0.3, 0.4) is 0 Å². The van der Waals surface area contributed by atoms with Crippen molar-refractivity contribution in [3.05, 3.63) is 48.1 Å². The predicted molar refractivity (Wildman–Crippen MR) is 74.8 cm³/mol. The number of carbonyl (C=O) groups is 1. The summed E-state index contributed by atoms with van der Waals surface area (Å²) in [5, 5.41) is 3.00. The molecular formula is C15H18N2O. The molecule has 0 spiro atoms. The number of nitrogens with two attached hydrogens (primary N) is 1. The fourth-order valence-corrected chi connectivity index (χ4v) is 2.01. The number of amides is 1. The van der Waals surface area contributed by atoms with E-state index in [4.69, 9.17) is 5.73 Å². The Balaban J connectivity index is 1.88. The minimum Gasteiger partial charge on any atom is -0.399 e. The largest absolute Gasteiger partial charge is 0.399 e. The van der Waals surface area contributed by atoms with Gasteiger partial charge in [0.1, 0.15) is 0 Å². The van der Waals surface area contributed by atoms with Crippen LogP contribution in [0.15, 0.2) is 42.5 Å². The zero-order valence-electron chi connectivity index (χ0n) is 10.3. The quantitative estimate of drug-likeness (QED) is 0.486. The highest BCUT2D eigenvalue weighted by Gasteiger charge is 2.10. The van der Waals surface area contributed by atoms with Gasteiger partial charge in [-0.3, -0.25) is 4.79 Å². The SMILES string of the molecule is Nc1cccc(/C=C/C(=O)NC2CC=CCC2)c1. The van der Waals surface area contributed by atoms with Gasteiger partial charge < -0.3 is 11.1 Å². The number of benzene rings is 1. The average molecular weight is 242 g/mol. The van der Waals surface area contributed by atoms with E-state index in [1.807, 2.05) is 24.3 Å². The van der Waals surface area contributed by atoms with E-state index in [1.165, 1.54) is 0 Å². The molecular weight excluding hydrogens is 224 g/mol. The molecule has 1 amide bonds. The van der Waals surface area contributed by atoms with E-state index in [-0.39, 0.29) is 11.9 Å². The fraction of sp³-hybridized carbons (Fsp3) is 0.267. The zero-order chi connectivity index (χ0) is 12.8. The molecule has 3 nitrogen and oxygen atoms in total. The molecule has 0 heterocycles. The number of anilines is 1. The Morgan fingerprint density at radius 2 is 2.28 bits per heavy atom. The molecule has 1 aromatic rings. The van der Waals surface area contributed by atoms with Gasteiger partial charge in [-0.2, -0.15) is 0 Å². The second-order valence-corrected chi connectivity index (χ2v) is 4.49. The first-order valence-electron chi connectivity index (χ1n) is 6.23. The Morgan fingerprint density at radius 3 is 3.00 bits per heavy atom. The molecule has 2 rings (SSSR count). The van der Waals surface area contributed by atoms with Gasteiger partial charge in [-0.05, 0) is 43.0 Å². The van der Waals surface area contributed by atoms with Crippen LogP contribution in [0.25, 0.3) is 6.08 Å². The third-order valence-electron chi connectivity index (χ3n) is 2.95. The van der Waals surface area contributed by atoms with Crippen LogP contribution >= 0.6 is 0 Å². The molecule has 0 fully saturated rings. The molecule has 0 radical (unpaired) electrons. The second kappa shape index (κ2) is 6.05. The van der Waals surface area contributed by atoms with Crippen LogP contribution in [0.5, 0.6) is 0 Å². The van der Waals surface area contributed by atoms with Gasteiger partial charge in [0.05, 0.1) is 0 Å². The van der Waals surface area contributed by atoms with E-state index >= 15 is 0 Å². The Kier molecular flexibility index (Phi) is 4.18. The van der Waals surface area contributed by atoms with Gasteiger partial charge in [-0.25, -0.2) is 0 Å². The van der Waals surface area contributed by atoms with E-state index in [9.17, 15) is 4.79 Å². The molecule has 3 N–H and O–H groups in total. The summed E-state index contributed by atoms with van der Waals surface area (Å²) in [5.74, 6) is -0.0438. The van der Waals surface area contributed by atoms with E-state index < -0.39 is 0 Å². The molecule has 0 bridgehead atoms. The third-order valence-corrected chi connectivity index (χ3v) is 2.95. The fourth-order valence-electron chi connectivity index (χ4n) is 2.01. The van der Waals surface area contributed by atoms with Crippen molar-refractivity contribution < 1.29 is 4.79 Å². The molecule has 1 unspecified atom stereocenters. The third kappa shape index (κ3) is 3.77. The summed E-state index contributed by atoms with van der Waals surface area (Å²) in [4.78, 5) is 11.7. The van der Waals surface area contributed by atoms with E-state index in [0.717, 1.165) is 24.8 Å². The molecule has 0 aliphatic heterocycles. The Morgan fingerprint density at radius 1 is 1.39 bits per heavy atom. The maximum atomic E-state index is 11.7. The van der Waals surface area contributed by atoms with Crippen molar-refractivity contribution >= 4 is 17.7 Å². The van der Waals surface area contributed by atoms with E-state index in [1.54, 1.807) is 12.2 Å². The van der Waals surface area contributed by atoms with Crippen molar-refractivity contribution in [1.82, 2.24) is 5.32 Å². The lowest BCUT2D eigenvalue weighted by molar-refractivity contribution is -0.117. The lowest BCUT2D eigenvalue weighted by atomic mass is 10.0. The summed E-state index contributed by atoms with van der Waals surface area (Å²) < 4.78 is 0. The van der Waals surface area contributed by atoms with Crippen molar-refractivity contribution in [3.63, 3.8) is 0 Å². The van der Waals surface area contributed by atoms with Crippen LogP contribution in [0.4, 0.5) is 5.69 Å². The van der Waals surface area contributed by atoms with Crippen LogP contribution in [0.2, 0.25) is 0 Å². The van der Waals surface area contributed by atoms with Crippen LogP contribution in [0, 0.1) is 0 Å². The lowest BCUT2D eigenvalue weighted by Crippen LogP contribution is -2.33. The van der Waals surface area contributed by atoms with Crippen LogP contribution < -0.4 is 11.1 Å². The van der Waals surface area contributed by atoms with Gasteiger partial charge in [0, 0.05) is 17.8 Å². The number of allylic oxidation sites excluding steroid dienone is 1. The molecule has 1 aromatic carbocycles. The minimum absolute atomic E-state index is 0.0438. The summed E-state index contributed by atoms with van der Waals surface area (Å²) in [6.45, 7) is 0. The van der Waals surface area contributed by atoms with Crippen molar-refractivity contribution in [2.45, 2.75) is 25.3 Å². The van der Waals surface area contributed by atoms with Gasteiger partial charge in [0.15, 0.2) is 0 Å². The van der Waals surface area contributed by atoms with Crippen molar-refractivity contribution in [2.75, 3.05) is 5.73 Å². The maximum Gasteiger partial charge on any atom is 0.244 e. The van der Waals surface area contributed by atoms with Gasteiger partial charge >= 0.3 is 0 Å². The van der Waals surface area contributed by atoms with Gasteiger partial charge in [0.25, 0.3) is 0 Å². The van der Waals surface area contributed by atoms with Gasteiger partial charge in [0.2, 0.25) is 5.91 Å². The number of nitrogens with one attached hydrogen (secondary N) is 1. The molecule has 1 aliphatic rings. The maximum absolute atomic E-state index is 11.7. The van der Waals surface area contributed by atoms with Crippen molar-refractivity contribution in [1.29, 1.82) is 0 Å². The number of rotatable bonds is 3. The normalized spacial score (nSPS) is 19.0. The van der Waals surface area contributed by atoms with E-state index in [2.05, 4.69) is 17.5 Å². The smallest absolute Gasteiger partial charge is 0.244 e. The highest BCUT2D eigenvalue weighted by molar-refractivity contribution is 5.92. The molecule has 3 heteroatoms. The Labute approximate surface area is 107 Å². The summed E-state index contributed by atoms with van der Waals surface area (Å²) in [7, 11) is 0. The van der Waals surface area contributed by atoms with Crippen LogP contribution in [-0.2, 0) is 4.79 Å². The highest BCUT2D eigenvalue weighted by atomic mass is 16.1. The van der Waals surface area contributed by atoms with Gasteiger partial charge in [-0.15, -0.1) is 0 Å². The molecule has 94 valence electrons. The first-order chi connectivity index (χ1) is 8.74. The molecule has 0 saturated carbocycles. The molecule has 1 aliphatic carbocycles. The Hall–Kier alpha value is -2.03. The first-order valence-corrected chi connectivity index (χ1v) is 6.23. The summed E-state index contributed by atoms with van der Waals surface area (Å²) in [6.07, 6.45) is 10.6. The van der Waals surface area contributed by atoms with Gasteiger partial charge in [-0.1, -0.05) is 24.3 Å². The topological polar surface area (TPSA) is 55.1 Å². The summed E-state index contributed by atoms with van der Waals surface area (Å²) in [6, 6.07) is 7.73. The second-order valence-electron chi connectivity index (χ2n) is 4.49. The van der Waals surface area contributed by atoms with E-state index in [0.29, 0.717) is 5.69 Å². The molecule has 0 aromatic heterocycles. The van der Waals surface area contributed by atoms with Crippen LogP contribution in [-0.4, -0.2) is 11.9 Å². The van der Waals surface area contributed by atoms with Crippen molar-refractivity contribution in [3.8, 4) is 0 Å². The number of hydrogen-bond donors (Lipinski definition) is 2. The zero-order valence-corrected chi connectivity index (χ0v) is 10.3. The number of hydrogen-bond acceptors (Lipinski definition) is 2. The summed E-state index contributed by atoms with van der Waals surface area (Å²) in [5.41, 5.74) is 7.31. The summed E-state index contributed by atoms with van der Waals surface area (Å²) >= 11 is 0. The Bertz CT molecular complexity index is 477. The number of carbonyl (C=O) groups excluding carboxylic acids is 1. The first kappa shape index (κ1) is 12.4. The minimum atomic E-state index is -0.0438. The predicted octanol–water partition coefficient (Wildman–Crippen LogP) is 2.51. The molecule has 0 saturated heterocycles. The van der Waals surface area contributed by atoms with Crippen molar-refractivity contribution in [2.24, 2.45) is 0 Å². The number of nitrogen functional groups attached to an aromatic ring is 1. The standard InChI is InChI=1S/C15H18N2O/c16-13-6-4-5-12(11-13)9-10-15(18)17-14-7-2-1-3-8-14/h1-2,4-6,9-11,14H,3,7-8,16H2,(H,17,18)/b10-9+. The monoisotopic (exact) mass is 242 g/mol. The average Bonchev–Trinajstić information content (AvgIpc) is 2.38. The van der Waals surface area contributed by atoms with Crippen LogP contribution in [0.1, 0.15) is 24.8 Å². The molecule has 18 heavy (non-hydrogen) atoms. The molecule has 1 atom stereocenters.